The predicted octanol–water partition coefficient (Wildman–Crippen LogP) is -0.452. The van der Waals surface area contributed by atoms with Gasteiger partial charge in [0.15, 0.2) is 5.43 Å². The lowest BCUT2D eigenvalue weighted by Gasteiger charge is -2.19. The van der Waals surface area contributed by atoms with E-state index >= 15 is 0 Å². The molecular formula is C11H14N2O5. The van der Waals surface area contributed by atoms with Crippen LogP contribution in [0.15, 0.2) is 23.3 Å². The Hall–Kier alpha value is -2.15. The first-order valence-electron chi connectivity index (χ1n) is 5.23. The maximum atomic E-state index is 12.0. The van der Waals surface area contributed by atoms with Crippen LogP contribution in [-0.4, -0.2) is 53.7 Å². The molecule has 0 spiro atoms. The minimum absolute atomic E-state index is 0.0881. The number of aromatic amines is 1. The normalized spacial score (nSPS) is 10.1. The van der Waals surface area contributed by atoms with Gasteiger partial charge in [-0.3, -0.25) is 14.4 Å². The zero-order chi connectivity index (χ0) is 13.5. The second-order valence-corrected chi connectivity index (χ2v) is 3.54. The van der Waals surface area contributed by atoms with Gasteiger partial charge in [0, 0.05) is 32.1 Å². The lowest BCUT2D eigenvalue weighted by atomic mass is 10.2. The van der Waals surface area contributed by atoms with Crippen LogP contribution in [0, 0.1) is 0 Å². The molecule has 1 rings (SSSR count). The Morgan fingerprint density at radius 1 is 1.50 bits per heavy atom. The van der Waals surface area contributed by atoms with Crippen molar-refractivity contribution in [3.63, 3.8) is 0 Å². The third kappa shape index (κ3) is 3.70. The number of aromatic nitrogens is 1. The summed E-state index contributed by atoms with van der Waals surface area (Å²) < 4.78 is 4.80. The fourth-order valence-electron chi connectivity index (χ4n) is 1.37. The van der Waals surface area contributed by atoms with Gasteiger partial charge in [0.2, 0.25) is 0 Å². The number of pyridine rings is 1. The zero-order valence-corrected chi connectivity index (χ0v) is 9.88. The maximum absolute atomic E-state index is 12.0. The highest BCUT2D eigenvalue weighted by Crippen LogP contribution is 1.99. The van der Waals surface area contributed by atoms with Crippen LogP contribution in [0.4, 0.5) is 0 Å². The first kappa shape index (κ1) is 13.9. The Morgan fingerprint density at radius 2 is 2.22 bits per heavy atom. The molecule has 0 fully saturated rings. The van der Waals surface area contributed by atoms with E-state index in [1.165, 1.54) is 25.6 Å². The first-order chi connectivity index (χ1) is 8.56. The molecule has 7 heteroatoms. The molecule has 2 N–H and O–H groups in total. The summed E-state index contributed by atoms with van der Waals surface area (Å²) in [5, 5.41) is 8.73. The van der Waals surface area contributed by atoms with Gasteiger partial charge >= 0.3 is 5.97 Å². The molecule has 18 heavy (non-hydrogen) atoms. The molecule has 1 aromatic heterocycles. The summed E-state index contributed by atoms with van der Waals surface area (Å²) in [6.07, 6.45) is 2.65. The second kappa shape index (κ2) is 6.55. The molecule has 0 radical (unpaired) electrons. The van der Waals surface area contributed by atoms with Gasteiger partial charge in [-0.2, -0.15) is 0 Å². The van der Waals surface area contributed by atoms with Gasteiger partial charge in [-0.25, -0.2) is 0 Å². The molecule has 0 aromatic carbocycles. The van der Waals surface area contributed by atoms with Crippen molar-refractivity contribution in [3.8, 4) is 0 Å². The first-order valence-corrected chi connectivity index (χ1v) is 5.23. The van der Waals surface area contributed by atoms with Crippen molar-refractivity contribution in [2.45, 2.75) is 0 Å². The van der Waals surface area contributed by atoms with Crippen molar-refractivity contribution in [1.82, 2.24) is 9.88 Å². The van der Waals surface area contributed by atoms with Gasteiger partial charge in [0.05, 0.1) is 6.61 Å². The molecule has 7 nitrogen and oxygen atoms in total. The van der Waals surface area contributed by atoms with E-state index < -0.39 is 23.9 Å². The van der Waals surface area contributed by atoms with Crippen molar-refractivity contribution in [3.05, 3.63) is 34.2 Å². The van der Waals surface area contributed by atoms with Gasteiger partial charge in [-0.05, 0) is 0 Å². The van der Waals surface area contributed by atoms with Gasteiger partial charge in [0.25, 0.3) is 5.91 Å². The Labute approximate surface area is 103 Å². The van der Waals surface area contributed by atoms with Crippen molar-refractivity contribution >= 4 is 11.9 Å². The second-order valence-electron chi connectivity index (χ2n) is 3.54. The molecule has 1 aromatic rings. The summed E-state index contributed by atoms with van der Waals surface area (Å²) in [5.41, 5.74) is -0.540. The van der Waals surface area contributed by atoms with E-state index in [9.17, 15) is 14.4 Å². The molecule has 0 aliphatic heterocycles. The van der Waals surface area contributed by atoms with Crippen molar-refractivity contribution in [2.75, 3.05) is 26.8 Å². The number of hydrogen-bond donors (Lipinski definition) is 2. The molecular weight excluding hydrogens is 240 g/mol. The highest BCUT2D eigenvalue weighted by atomic mass is 16.5. The molecule has 0 saturated carbocycles. The summed E-state index contributed by atoms with van der Waals surface area (Å²) >= 11 is 0. The summed E-state index contributed by atoms with van der Waals surface area (Å²) in [4.78, 5) is 37.8. The number of carbonyl (C=O) groups is 2. The van der Waals surface area contributed by atoms with E-state index in [1.54, 1.807) is 0 Å². The maximum Gasteiger partial charge on any atom is 0.323 e. The summed E-state index contributed by atoms with van der Waals surface area (Å²) in [7, 11) is 1.44. The summed E-state index contributed by atoms with van der Waals surface area (Å²) in [6.45, 7) is -0.170. The molecule has 0 aliphatic rings. The van der Waals surface area contributed by atoms with E-state index in [0.29, 0.717) is 0 Å². The van der Waals surface area contributed by atoms with E-state index in [1.807, 2.05) is 0 Å². The molecule has 0 unspecified atom stereocenters. The number of rotatable bonds is 6. The van der Waals surface area contributed by atoms with Crippen LogP contribution < -0.4 is 5.43 Å². The standard InChI is InChI=1S/C11H14N2O5/c1-18-5-4-13(7-10(15)16)11(17)8-6-12-3-2-9(8)14/h2-3,6H,4-5,7H2,1H3,(H,12,14)(H,15,16). The summed E-state index contributed by atoms with van der Waals surface area (Å²) in [5.74, 6) is -1.77. The lowest BCUT2D eigenvalue weighted by Crippen LogP contribution is -2.39. The molecule has 98 valence electrons. The number of hydrogen-bond acceptors (Lipinski definition) is 4. The quantitative estimate of drug-likeness (QED) is 0.716. The highest BCUT2D eigenvalue weighted by molar-refractivity contribution is 5.95. The van der Waals surface area contributed by atoms with E-state index in [2.05, 4.69) is 4.98 Å². The lowest BCUT2D eigenvalue weighted by molar-refractivity contribution is -0.137. The Kier molecular flexibility index (Phi) is 5.06. The predicted molar refractivity (Wildman–Crippen MR) is 62.5 cm³/mol. The zero-order valence-electron chi connectivity index (χ0n) is 9.88. The molecule has 0 atom stereocenters. The number of carbonyl (C=O) groups excluding carboxylic acids is 1. The minimum Gasteiger partial charge on any atom is -0.480 e. The number of nitrogens with one attached hydrogen (secondary N) is 1. The number of amides is 1. The fourth-order valence-corrected chi connectivity index (χ4v) is 1.37. The van der Waals surface area contributed by atoms with E-state index in [0.717, 1.165) is 4.90 Å². The number of ether oxygens (including phenoxy) is 1. The minimum atomic E-state index is -1.15. The third-order valence-corrected chi connectivity index (χ3v) is 2.23. The van der Waals surface area contributed by atoms with Crippen molar-refractivity contribution in [2.24, 2.45) is 0 Å². The van der Waals surface area contributed by atoms with Crippen molar-refractivity contribution in [1.29, 1.82) is 0 Å². The largest absolute Gasteiger partial charge is 0.480 e. The SMILES string of the molecule is COCCN(CC(=O)O)C(=O)c1c[nH]ccc1=O. The number of carboxylic acids is 1. The summed E-state index contributed by atoms with van der Waals surface area (Å²) in [6, 6.07) is 1.21. The average molecular weight is 254 g/mol. The monoisotopic (exact) mass is 254 g/mol. The van der Waals surface area contributed by atoms with Gasteiger partial charge in [-0.1, -0.05) is 0 Å². The molecule has 0 saturated heterocycles. The highest BCUT2D eigenvalue weighted by Gasteiger charge is 2.20. The van der Waals surface area contributed by atoms with Gasteiger partial charge in [0.1, 0.15) is 12.1 Å². The average Bonchev–Trinajstić information content (AvgIpc) is 2.34. The van der Waals surface area contributed by atoms with Gasteiger partial charge < -0.3 is 19.7 Å². The Bertz CT molecular complexity index is 482. The number of H-pyrrole nitrogens is 1. The van der Waals surface area contributed by atoms with Crippen LogP contribution in [0.1, 0.15) is 10.4 Å². The van der Waals surface area contributed by atoms with Crippen LogP contribution >= 0.6 is 0 Å². The third-order valence-electron chi connectivity index (χ3n) is 2.23. The molecule has 0 aliphatic carbocycles. The van der Waals surface area contributed by atoms with Crippen LogP contribution in [0.5, 0.6) is 0 Å². The molecule has 0 bridgehead atoms. The molecule has 1 heterocycles. The van der Waals surface area contributed by atoms with E-state index in [-0.39, 0.29) is 18.7 Å². The smallest absolute Gasteiger partial charge is 0.323 e. The van der Waals surface area contributed by atoms with Crippen LogP contribution in [-0.2, 0) is 9.53 Å². The number of aliphatic carboxylic acids is 1. The number of methoxy groups -OCH3 is 1. The van der Waals surface area contributed by atoms with Crippen LogP contribution in [0.3, 0.4) is 0 Å². The van der Waals surface area contributed by atoms with Crippen molar-refractivity contribution < 1.29 is 19.4 Å². The van der Waals surface area contributed by atoms with Crippen LogP contribution in [0.25, 0.3) is 0 Å². The Morgan fingerprint density at radius 3 is 2.78 bits per heavy atom. The number of carboxylic acid groups (broad SMARTS) is 1. The van der Waals surface area contributed by atoms with Gasteiger partial charge in [-0.15, -0.1) is 0 Å². The molecule has 1 amide bonds. The Balaban J connectivity index is 2.91. The fraction of sp³-hybridized carbons (Fsp3) is 0.364. The van der Waals surface area contributed by atoms with Crippen LogP contribution in [0.2, 0.25) is 0 Å². The number of nitrogens with zero attached hydrogens (tertiary/aromatic N) is 1. The topological polar surface area (TPSA) is 99.7 Å². The van der Waals surface area contributed by atoms with E-state index in [4.69, 9.17) is 9.84 Å².